The average Bonchev–Trinajstić information content (AvgIpc) is 3.32. The summed E-state index contributed by atoms with van der Waals surface area (Å²) in [7, 11) is 0. The van der Waals surface area contributed by atoms with Crippen LogP contribution in [0.15, 0.2) is 24.3 Å². The van der Waals surface area contributed by atoms with Crippen LogP contribution in [0.1, 0.15) is 329 Å². The minimum absolute atomic E-state index is 0.0776. The number of amides is 1. The van der Waals surface area contributed by atoms with Crippen molar-refractivity contribution < 1.29 is 24.5 Å². The van der Waals surface area contributed by atoms with Crippen molar-refractivity contribution in [3.05, 3.63) is 24.3 Å². The van der Waals surface area contributed by atoms with Crippen LogP contribution < -0.4 is 5.32 Å². The zero-order valence-corrected chi connectivity index (χ0v) is 45.3. The van der Waals surface area contributed by atoms with E-state index in [0.29, 0.717) is 19.3 Å². The van der Waals surface area contributed by atoms with E-state index < -0.39 is 18.2 Å². The molecule has 0 rings (SSSR count). The third kappa shape index (κ3) is 50.5. The SMILES string of the molecule is CCCCCCCCC/C=C/C=C/CCCCCCCC(=O)OC(CCCCCCCCCCCCCCC)CC(=O)NC(CO)C(O)CCCCCCCCCCCCCCCCCCC. The van der Waals surface area contributed by atoms with Gasteiger partial charge in [-0.1, -0.05) is 289 Å². The molecule has 0 spiro atoms. The maximum atomic E-state index is 13.3. The molecule has 0 saturated carbocycles. The van der Waals surface area contributed by atoms with Crippen molar-refractivity contribution in [3.8, 4) is 0 Å². The highest BCUT2D eigenvalue weighted by Crippen LogP contribution is 2.19. The molecule has 3 atom stereocenters. The molecular weight excluding hydrogens is 827 g/mol. The second-order valence-corrected chi connectivity index (χ2v) is 20.8. The molecule has 0 aliphatic heterocycles. The zero-order chi connectivity index (χ0) is 48.8. The number of unbranched alkanes of at least 4 members (excludes halogenated alkanes) is 40. The molecule has 0 radical (unpaired) electrons. The van der Waals surface area contributed by atoms with Crippen LogP contribution in [0.5, 0.6) is 0 Å². The number of nitrogens with one attached hydrogen (secondary N) is 1. The lowest BCUT2D eigenvalue weighted by Gasteiger charge is -2.24. The molecule has 0 heterocycles. The van der Waals surface area contributed by atoms with Gasteiger partial charge >= 0.3 is 5.97 Å². The lowest BCUT2D eigenvalue weighted by atomic mass is 10.0. The average molecular weight is 945 g/mol. The first-order valence-electron chi connectivity index (χ1n) is 30.1. The van der Waals surface area contributed by atoms with Gasteiger partial charge in [-0.3, -0.25) is 9.59 Å². The van der Waals surface area contributed by atoms with Gasteiger partial charge in [-0.2, -0.15) is 0 Å². The molecular formula is C61H117NO5. The first-order valence-corrected chi connectivity index (χ1v) is 30.1. The molecule has 396 valence electrons. The lowest BCUT2D eigenvalue weighted by molar-refractivity contribution is -0.151. The second kappa shape index (κ2) is 55.3. The molecule has 0 aromatic heterocycles. The predicted molar refractivity (Wildman–Crippen MR) is 292 cm³/mol. The van der Waals surface area contributed by atoms with Crippen LogP contribution in [0.2, 0.25) is 0 Å². The molecule has 3 unspecified atom stereocenters. The van der Waals surface area contributed by atoms with E-state index in [-0.39, 0.29) is 24.9 Å². The summed E-state index contributed by atoms with van der Waals surface area (Å²) in [5.41, 5.74) is 0. The molecule has 0 aliphatic rings. The van der Waals surface area contributed by atoms with Crippen molar-refractivity contribution in [3.63, 3.8) is 0 Å². The molecule has 0 fully saturated rings. The number of aliphatic hydroxyl groups is 2. The number of carbonyl (C=O) groups excluding carboxylic acids is 2. The van der Waals surface area contributed by atoms with E-state index in [1.807, 2.05) is 0 Å². The number of esters is 1. The lowest BCUT2D eigenvalue weighted by Crippen LogP contribution is -2.46. The Kier molecular flexibility index (Phi) is 53.9. The van der Waals surface area contributed by atoms with Crippen LogP contribution in [-0.4, -0.2) is 46.9 Å². The van der Waals surface area contributed by atoms with Crippen molar-refractivity contribution in [1.29, 1.82) is 0 Å². The molecule has 6 nitrogen and oxygen atoms in total. The van der Waals surface area contributed by atoms with Gasteiger partial charge in [-0.05, 0) is 51.4 Å². The minimum Gasteiger partial charge on any atom is -0.462 e. The summed E-state index contributed by atoms with van der Waals surface area (Å²) in [6.07, 6.45) is 65.3. The van der Waals surface area contributed by atoms with Crippen molar-refractivity contribution >= 4 is 11.9 Å². The molecule has 3 N–H and O–H groups in total. The number of ether oxygens (including phenoxy) is 1. The van der Waals surface area contributed by atoms with Crippen LogP contribution in [0, 0.1) is 0 Å². The number of allylic oxidation sites excluding steroid dienone is 4. The maximum Gasteiger partial charge on any atom is 0.306 e. The number of hydrogen-bond donors (Lipinski definition) is 3. The highest BCUT2D eigenvalue weighted by Gasteiger charge is 2.24. The Morgan fingerprint density at radius 3 is 1.10 bits per heavy atom. The molecule has 0 bridgehead atoms. The third-order valence-electron chi connectivity index (χ3n) is 14.1. The van der Waals surface area contributed by atoms with E-state index in [1.54, 1.807) is 0 Å². The Balaban J connectivity index is 4.49. The quantitative estimate of drug-likeness (QED) is 0.0321. The normalized spacial score (nSPS) is 13.2. The Bertz CT molecular complexity index is 1060. The first-order chi connectivity index (χ1) is 33.0. The van der Waals surface area contributed by atoms with Gasteiger partial charge in [0.05, 0.1) is 25.2 Å². The highest BCUT2D eigenvalue weighted by molar-refractivity contribution is 5.77. The molecule has 6 heteroatoms. The van der Waals surface area contributed by atoms with Crippen molar-refractivity contribution in [2.45, 2.75) is 347 Å². The van der Waals surface area contributed by atoms with Crippen LogP contribution in [0.3, 0.4) is 0 Å². The highest BCUT2D eigenvalue weighted by atomic mass is 16.5. The predicted octanol–water partition coefficient (Wildman–Crippen LogP) is 18.6. The minimum atomic E-state index is -0.787. The zero-order valence-electron chi connectivity index (χ0n) is 45.3. The van der Waals surface area contributed by atoms with Crippen molar-refractivity contribution in [2.24, 2.45) is 0 Å². The topological polar surface area (TPSA) is 95.9 Å². The van der Waals surface area contributed by atoms with E-state index in [4.69, 9.17) is 4.74 Å². The van der Waals surface area contributed by atoms with Gasteiger partial charge in [-0.15, -0.1) is 0 Å². The fourth-order valence-electron chi connectivity index (χ4n) is 9.48. The van der Waals surface area contributed by atoms with Crippen LogP contribution in [0.4, 0.5) is 0 Å². The Morgan fingerprint density at radius 1 is 0.433 bits per heavy atom. The smallest absolute Gasteiger partial charge is 0.306 e. The molecule has 0 aromatic carbocycles. The summed E-state index contributed by atoms with van der Waals surface area (Å²) in [4.78, 5) is 26.3. The Hall–Kier alpha value is -1.66. The Morgan fingerprint density at radius 2 is 0.746 bits per heavy atom. The van der Waals surface area contributed by atoms with Gasteiger partial charge in [0.2, 0.25) is 5.91 Å². The molecule has 1 amide bonds. The van der Waals surface area contributed by atoms with Crippen molar-refractivity contribution in [2.75, 3.05) is 6.61 Å². The fraction of sp³-hybridized carbons (Fsp3) is 0.902. The first kappa shape index (κ1) is 65.3. The summed E-state index contributed by atoms with van der Waals surface area (Å²) in [5.74, 6) is -0.470. The molecule has 67 heavy (non-hydrogen) atoms. The number of rotatable bonds is 55. The summed E-state index contributed by atoms with van der Waals surface area (Å²) in [5, 5.41) is 23.9. The van der Waals surface area contributed by atoms with Gasteiger partial charge in [0, 0.05) is 6.42 Å². The fourth-order valence-corrected chi connectivity index (χ4v) is 9.48. The van der Waals surface area contributed by atoms with Gasteiger partial charge in [-0.25, -0.2) is 0 Å². The largest absolute Gasteiger partial charge is 0.462 e. The maximum absolute atomic E-state index is 13.3. The van der Waals surface area contributed by atoms with E-state index in [2.05, 4.69) is 50.4 Å². The van der Waals surface area contributed by atoms with Gasteiger partial charge in [0.25, 0.3) is 0 Å². The summed E-state index contributed by atoms with van der Waals surface area (Å²) in [6.45, 7) is 6.52. The Labute approximate surface area is 418 Å². The summed E-state index contributed by atoms with van der Waals surface area (Å²) >= 11 is 0. The van der Waals surface area contributed by atoms with E-state index in [1.165, 1.54) is 231 Å². The number of aliphatic hydroxyl groups excluding tert-OH is 2. The van der Waals surface area contributed by atoms with Gasteiger partial charge < -0.3 is 20.3 Å². The summed E-state index contributed by atoms with van der Waals surface area (Å²) in [6, 6.07) is -0.701. The number of carbonyl (C=O) groups is 2. The van der Waals surface area contributed by atoms with Gasteiger partial charge in [0.15, 0.2) is 0 Å². The third-order valence-corrected chi connectivity index (χ3v) is 14.1. The van der Waals surface area contributed by atoms with Gasteiger partial charge in [0.1, 0.15) is 6.10 Å². The molecule has 0 aromatic rings. The second-order valence-electron chi connectivity index (χ2n) is 20.8. The monoisotopic (exact) mass is 944 g/mol. The number of hydrogen-bond acceptors (Lipinski definition) is 5. The molecule has 0 saturated heterocycles. The van der Waals surface area contributed by atoms with E-state index in [9.17, 15) is 19.8 Å². The standard InChI is InChI=1S/C61H117NO5/c1-4-7-10-13-16-19-22-25-27-29-31-33-36-39-42-45-48-51-54-61(66)67-57(52-49-46-43-40-37-34-24-21-18-15-12-9-6-3)55-60(65)62-58(56-63)59(64)53-50-47-44-41-38-35-32-30-28-26-23-20-17-14-11-8-5-2/h27,29,31,33,57-59,63-64H,4-26,28,30,32,34-56H2,1-3H3,(H,62,65)/b29-27+,33-31+. The van der Waals surface area contributed by atoms with Crippen molar-refractivity contribution in [1.82, 2.24) is 5.32 Å². The van der Waals surface area contributed by atoms with Crippen LogP contribution in [-0.2, 0) is 14.3 Å². The van der Waals surface area contributed by atoms with Crippen LogP contribution >= 0.6 is 0 Å². The van der Waals surface area contributed by atoms with E-state index >= 15 is 0 Å². The summed E-state index contributed by atoms with van der Waals surface area (Å²) < 4.78 is 5.96. The van der Waals surface area contributed by atoms with Crippen LogP contribution in [0.25, 0.3) is 0 Å². The molecule has 0 aliphatic carbocycles. The van der Waals surface area contributed by atoms with E-state index in [0.717, 1.165) is 51.4 Å².